The standard InChI is InChI=1S/C13H20ClNO4S/c1-5-6-7-15(2)20(16,17)13-9-11(18-3)10(14)8-12(13)19-4/h8-9H,5-7H2,1-4H3. The zero-order valence-electron chi connectivity index (χ0n) is 12.1. The normalized spacial score (nSPS) is 11.7. The third-order valence-corrected chi connectivity index (χ3v) is 5.13. The van der Waals surface area contributed by atoms with Crippen molar-refractivity contribution >= 4 is 21.6 Å². The zero-order chi connectivity index (χ0) is 15.3. The maximum absolute atomic E-state index is 12.5. The van der Waals surface area contributed by atoms with Gasteiger partial charge in [-0.3, -0.25) is 0 Å². The van der Waals surface area contributed by atoms with Crippen molar-refractivity contribution in [3.05, 3.63) is 17.2 Å². The van der Waals surface area contributed by atoms with E-state index in [0.29, 0.717) is 17.3 Å². The minimum Gasteiger partial charge on any atom is -0.495 e. The Labute approximate surface area is 125 Å². The van der Waals surface area contributed by atoms with Gasteiger partial charge in [-0.25, -0.2) is 12.7 Å². The highest BCUT2D eigenvalue weighted by molar-refractivity contribution is 7.89. The fourth-order valence-electron chi connectivity index (χ4n) is 1.70. The van der Waals surface area contributed by atoms with Gasteiger partial charge in [0.25, 0.3) is 0 Å². The van der Waals surface area contributed by atoms with E-state index in [0.717, 1.165) is 12.8 Å². The first-order valence-electron chi connectivity index (χ1n) is 6.26. The molecule has 0 aliphatic carbocycles. The first-order valence-corrected chi connectivity index (χ1v) is 8.08. The fourth-order valence-corrected chi connectivity index (χ4v) is 3.29. The molecule has 0 aromatic heterocycles. The Balaban J connectivity index is 3.29. The van der Waals surface area contributed by atoms with Crippen LogP contribution >= 0.6 is 11.6 Å². The van der Waals surface area contributed by atoms with Gasteiger partial charge < -0.3 is 9.47 Å². The summed E-state index contributed by atoms with van der Waals surface area (Å²) in [5, 5.41) is 0.305. The van der Waals surface area contributed by atoms with Gasteiger partial charge in [-0.2, -0.15) is 0 Å². The molecule has 20 heavy (non-hydrogen) atoms. The van der Waals surface area contributed by atoms with Crippen molar-refractivity contribution in [3.8, 4) is 11.5 Å². The number of rotatable bonds is 7. The Bertz CT molecular complexity index is 560. The van der Waals surface area contributed by atoms with Crippen LogP contribution in [0.3, 0.4) is 0 Å². The minimum atomic E-state index is -3.63. The van der Waals surface area contributed by atoms with Crippen LogP contribution in [0.15, 0.2) is 17.0 Å². The Morgan fingerprint density at radius 1 is 1.20 bits per heavy atom. The summed E-state index contributed by atoms with van der Waals surface area (Å²) in [5.74, 6) is 0.508. The molecule has 0 atom stereocenters. The molecule has 5 nitrogen and oxygen atoms in total. The second-order valence-electron chi connectivity index (χ2n) is 4.32. The minimum absolute atomic E-state index is 0.0554. The predicted molar refractivity (Wildman–Crippen MR) is 79.3 cm³/mol. The molecule has 0 N–H and O–H groups in total. The topological polar surface area (TPSA) is 55.8 Å². The summed E-state index contributed by atoms with van der Waals surface area (Å²) in [5.41, 5.74) is 0. The second kappa shape index (κ2) is 7.15. The van der Waals surface area contributed by atoms with E-state index in [1.54, 1.807) is 7.05 Å². The van der Waals surface area contributed by atoms with Crippen LogP contribution in [0.25, 0.3) is 0 Å². The number of sulfonamides is 1. The maximum Gasteiger partial charge on any atom is 0.246 e. The van der Waals surface area contributed by atoms with Gasteiger partial charge in [0.05, 0.1) is 19.2 Å². The largest absolute Gasteiger partial charge is 0.495 e. The van der Waals surface area contributed by atoms with Crippen LogP contribution in [0.5, 0.6) is 11.5 Å². The third kappa shape index (κ3) is 3.56. The lowest BCUT2D eigenvalue weighted by molar-refractivity contribution is 0.388. The molecule has 0 fully saturated rings. The summed E-state index contributed by atoms with van der Waals surface area (Å²) < 4.78 is 36.6. The van der Waals surface area contributed by atoms with Crippen LogP contribution in [-0.2, 0) is 10.0 Å². The van der Waals surface area contributed by atoms with Gasteiger partial charge in [-0.15, -0.1) is 0 Å². The van der Waals surface area contributed by atoms with E-state index in [2.05, 4.69) is 0 Å². The average Bonchev–Trinajstić information content (AvgIpc) is 2.43. The molecule has 0 amide bonds. The molecular weight excluding hydrogens is 302 g/mol. The van der Waals surface area contributed by atoms with E-state index in [-0.39, 0.29) is 10.6 Å². The Morgan fingerprint density at radius 3 is 2.30 bits per heavy atom. The van der Waals surface area contributed by atoms with Gasteiger partial charge in [-0.05, 0) is 6.42 Å². The maximum atomic E-state index is 12.5. The lowest BCUT2D eigenvalue weighted by Crippen LogP contribution is -2.28. The van der Waals surface area contributed by atoms with Crippen LogP contribution in [-0.4, -0.2) is 40.5 Å². The molecule has 114 valence electrons. The Hall–Kier alpha value is -0.980. The molecule has 0 aliphatic heterocycles. The van der Waals surface area contributed by atoms with E-state index in [1.165, 1.54) is 30.7 Å². The van der Waals surface area contributed by atoms with Crippen molar-refractivity contribution in [1.82, 2.24) is 4.31 Å². The molecule has 7 heteroatoms. The molecular formula is C13H20ClNO4S. The summed E-state index contributed by atoms with van der Waals surface area (Å²) in [6.45, 7) is 2.46. The highest BCUT2D eigenvalue weighted by atomic mass is 35.5. The fraction of sp³-hybridized carbons (Fsp3) is 0.538. The second-order valence-corrected chi connectivity index (χ2v) is 6.74. The van der Waals surface area contributed by atoms with Crippen molar-refractivity contribution in [2.24, 2.45) is 0 Å². The van der Waals surface area contributed by atoms with Crippen LogP contribution in [0.2, 0.25) is 5.02 Å². The van der Waals surface area contributed by atoms with Crippen molar-refractivity contribution in [3.63, 3.8) is 0 Å². The smallest absolute Gasteiger partial charge is 0.246 e. The van der Waals surface area contributed by atoms with Gasteiger partial charge in [0.15, 0.2) is 0 Å². The Kier molecular flexibility index (Phi) is 6.10. The molecule has 0 unspecified atom stereocenters. The lowest BCUT2D eigenvalue weighted by atomic mass is 10.3. The number of methoxy groups -OCH3 is 2. The molecule has 0 bridgehead atoms. The SMILES string of the molecule is CCCCN(C)S(=O)(=O)c1cc(OC)c(Cl)cc1OC. The van der Waals surface area contributed by atoms with Crippen LogP contribution < -0.4 is 9.47 Å². The molecule has 0 spiro atoms. The molecule has 1 rings (SSSR count). The first-order chi connectivity index (χ1) is 9.38. The molecule has 0 saturated heterocycles. The highest BCUT2D eigenvalue weighted by Crippen LogP contribution is 2.36. The number of nitrogens with zero attached hydrogens (tertiary/aromatic N) is 1. The lowest BCUT2D eigenvalue weighted by Gasteiger charge is -2.19. The third-order valence-electron chi connectivity index (χ3n) is 2.95. The number of benzene rings is 1. The monoisotopic (exact) mass is 321 g/mol. The number of ether oxygens (including phenoxy) is 2. The van der Waals surface area contributed by atoms with Gasteiger partial charge in [-0.1, -0.05) is 24.9 Å². The van der Waals surface area contributed by atoms with Gasteiger partial charge in [0, 0.05) is 25.7 Å². The summed E-state index contributed by atoms with van der Waals surface area (Å²) in [6.07, 6.45) is 1.71. The van der Waals surface area contributed by atoms with E-state index in [1.807, 2.05) is 6.92 Å². The average molecular weight is 322 g/mol. The first kappa shape index (κ1) is 17.1. The van der Waals surface area contributed by atoms with E-state index in [4.69, 9.17) is 21.1 Å². The van der Waals surface area contributed by atoms with Crippen molar-refractivity contribution in [2.45, 2.75) is 24.7 Å². The molecule has 1 aromatic carbocycles. The summed E-state index contributed by atoms with van der Waals surface area (Å²) in [4.78, 5) is 0.0554. The van der Waals surface area contributed by atoms with Crippen LogP contribution in [0.4, 0.5) is 0 Å². The van der Waals surface area contributed by atoms with Crippen LogP contribution in [0, 0.1) is 0 Å². The molecule has 0 radical (unpaired) electrons. The summed E-state index contributed by atoms with van der Waals surface area (Å²) in [6, 6.07) is 2.83. The Morgan fingerprint density at radius 2 is 1.80 bits per heavy atom. The van der Waals surface area contributed by atoms with Crippen molar-refractivity contribution in [2.75, 3.05) is 27.8 Å². The van der Waals surface area contributed by atoms with Crippen LogP contribution in [0.1, 0.15) is 19.8 Å². The molecule has 1 aromatic rings. The number of hydrogen-bond donors (Lipinski definition) is 0. The zero-order valence-corrected chi connectivity index (χ0v) is 13.7. The van der Waals surface area contributed by atoms with E-state index >= 15 is 0 Å². The molecule has 0 saturated carbocycles. The number of unbranched alkanes of at least 4 members (excludes halogenated alkanes) is 1. The molecule has 0 heterocycles. The summed E-state index contributed by atoms with van der Waals surface area (Å²) >= 11 is 5.98. The van der Waals surface area contributed by atoms with E-state index < -0.39 is 10.0 Å². The molecule has 0 aliphatic rings. The quantitative estimate of drug-likeness (QED) is 0.775. The number of halogens is 1. The number of hydrogen-bond acceptors (Lipinski definition) is 4. The van der Waals surface area contributed by atoms with E-state index in [9.17, 15) is 8.42 Å². The van der Waals surface area contributed by atoms with Crippen molar-refractivity contribution < 1.29 is 17.9 Å². The van der Waals surface area contributed by atoms with Crippen molar-refractivity contribution in [1.29, 1.82) is 0 Å². The predicted octanol–water partition coefficient (Wildman–Crippen LogP) is 2.78. The highest BCUT2D eigenvalue weighted by Gasteiger charge is 2.26. The van der Waals surface area contributed by atoms with Gasteiger partial charge >= 0.3 is 0 Å². The van der Waals surface area contributed by atoms with Gasteiger partial charge in [0.1, 0.15) is 16.4 Å². The summed E-state index contributed by atoms with van der Waals surface area (Å²) in [7, 11) is 0.755. The van der Waals surface area contributed by atoms with Gasteiger partial charge in [0.2, 0.25) is 10.0 Å².